The van der Waals surface area contributed by atoms with E-state index in [1.54, 1.807) is 54.6 Å². The van der Waals surface area contributed by atoms with Gasteiger partial charge in [-0.2, -0.15) is 0 Å². The molecule has 0 unspecified atom stereocenters. The highest BCUT2D eigenvalue weighted by atomic mass is 127. The Labute approximate surface area is 216 Å². The van der Waals surface area contributed by atoms with Crippen molar-refractivity contribution in [2.45, 2.75) is 12.8 Å². The van der Waals surface area contributed by atoms with Gasteiger partial charge in [0.15, 0.2) is 5.78 Å². The lowest BCUT2D eigenvalue weighted by atomic mass is 9.98. The van der Waals surface area contributed by atoms with Crippen molar-refractivity contribution in [3.63, 3.8) is 0 Å². The van der Waals surface area contributed by atoms with Crippen molar-refractivity contribution in [2.75, 3.05) is 0 Å². The molecule has 0 spiro atoms. The molecular formula is C25H17I2NO5. The fourth-order valence-corrected chi connectivity index (χ4v) is 5.36. The van der Waals surface area contributed by atoms with E-state index in [1.165, 1.54) is 0 Å². The summed E-state index contributed by atoms with van der Waals surface area (Å²) in [5.74, 6) is -0.544. The molecule has 4 rings (SSSR count). The molecule has 0 aliphatic heterocycles. The van der Waals surface area contributed by atoms with Crippen molar-refractivity contribution in [3.8, 4) is 5.75 Å². The van der Waals surface area contributed by atoms with Gasteiger partial charge in [-0.25, -0.2) is 4.79 Å². The molecule has 0 saturated carbocycles. The number of primary amides is 1. The van der Waals surface area contributed by atoms with Gasteiger partial charge in [-0.05, 0) is 87.6 Å². The Bertz CT molecular complexity index is 1360. The number of hydrogen-bond donors (Lipinski definition) is 1. The normalized spacial score (nSPS) is 10.8. The van der Waals surface area contributed by atoms with Gasteiger partial charge in [0.1, 0.15) is 17.1 Å². The Morgan fingerprint density at radius 1 is 0.879 bits per heavy atom. The summed E-state index contributed by atoms with van der Waals surface area (Å²) in [6.45, 7) is 0. The van der Waals surface area contributed by atoms with Crippen LogP contribution in [0, 0.1) is 7.14 Å². The summed E-state index contributed by atoms with van der Waals surface area (Å²) in [5.41, 5.74) is 7.03. The van der Waals surface area contributed by atoms with E-state index in [-0.39, 0.29) is 24.4 Å². The standard InChI is InChI=1S/C25H17I2NO5/c26-16-10-15(11-17(27)12-16)24(30)23-19-7-6-18(32-25(31)14-4-2-1-3-5-14)13-21(19)33-20(23)8-9-22(28)29/h1-7,10-13H,8-9H2,(H2,28,29). The van der Waals surface area contributed by atoms with E-state index in [0.29, 0.717) is 33.4 Å². The first kappa shape index (κ1) is 23.4. The molecule has 1 aromatic heterocycles. The maximum absolute atomic E-state index is 13.5. The summed E-state index contributed by atoms with van der Waals surface area (Å²) in [5, 5.41) is 0.577. The molecule has 0 atom stereocenters. The van der Waals surface area contributed by atoms with Crippen LogP contribution < -0.4 is 10.5 Å². The van der Waals surface area contributed by atoms with Crippen molar-refractivity contribution in [1.82, 2.24) is 0 Å². The van der Waals surface area contributed by atoms with Crippen LogP contribution in [0.5, 0.6) is 5.75 Å². The quantitative estimate of drug-likeness (QED) is 0.122. The highest BCUT2D eigenvalue weighted by Gasteiger charge is 2.23. The molecule has 0 bridgehead atoms. The molecule has 2 N–H and O–H groups in total. The SMILES string of the molecule is NC(=O)CCc1oc2cc(OC(=O)c3ccccc3)ccc2c1C(=O)c1cc(I)cc(I)c1. The smallest absolute Gasteiger partial charge is 0.343 e. The van der Waals surface area contributed by atoms with Gasteiger partial charge in [-0.1, -0.05) is 18.2 Å². The van der Waals surface area contributed by atoms with E-state index < -0.39 is 11.9 Å². The number of benzene rings is 3. The van der Waals surface area contributed by atoms with Gasteiger partial charge in [-0.15, -0.1) is 0 Å². The predicted octanol–water partition coefficient (Wildman–Crippen LogP) is 5.51. The number of furan rings is 1. The number of ketones is 1. The van der Waals surface area contributed by atoms with Crippen molar-refractivity contribution >= 4 is 73.8 Å². The van der Waals surface area contributed by atoms with Crippen LogP contribution in [0.25, 0.3) is 11.0 Å². The van der Waals surface area contributed by atoms with Gasteiger partial charge in [-0.3, -0.25) is 9.59 Å². The van der Waals surface area contributed by atoms with Gasteiger partial charge < -0.3 is 14.9 Å². The van der Waals surface area contributed by atoms with Gasteiger partial charge in [0.05, 0.1) is 11.1 Å². The van der Waals surface area contributed by atoms with Crippen molar-refractivity contribution < 1.29 is 23.5 Å². The average molecular weight is 665 g/mol. The van der Waals surface area contributed by atoms with Crippen molar-refractivity contribution in [1.29, 1.82) is 0 Å². The molecule has 6 nitrogen and oxygen atoms in total. The number of ether oxygens (including phenoxy) is 1. The summed E-state index contributed by atoms with van der Waals surface area (Å²) in [6.07, 6.45) is 0.227. The number of rotatable bonds is 7. The lowest BCUT2D eigenvalue weighted by Gasteiger charge is -2.05. The number of amides is 1. The molecule has 0 fully saturated rings. The monoisotopic (exact) mass is 665 g/mol. The zero-order valence-electron chi connectivity index (χ0n) is 17.1. The number of carbonyl (C=O) groups is 3. The van der Waals surface area contributed by atoms with Crippen LogP contribution in [0.2, 0.25) is 0 Å². The van der Waals surface area contributed by atoms with Crippen LogP contribution in [0.15, 0.2) is 71.1 Å². The van der Waals surface area contributed by atoms with E-state index in [4.69, 9.17) is 14.9 Å². The number of fused-ring (bicyclic) bond motifs is 1. The summed E-state index contributed by atoms with van der Waals surface area (Å²) >= 11 is 4.33. The first-order valence-electron chi connectivity index (χ1n) is 9.93. The number of aryl methyl sites for hydroxylation is 1. The zero-order chi connectivity index (χ0) is 23.5. The van der Waals surface area contributed by atoms with E-state index >= 15 is 0 Å². The van der Waals surface area contributed by atoms with E-state index in [0.717, 1.165) is 7.14 Å². The molecule has 1 amide bonds. The predicted molar refractivity (Wildman–Crippen MR) is 140 cm³/mol. The number of esters is 1. The first-order valence-corrected chi connectivity index (χ1v) is 12.1. The molecule has 166 valence electrons. The van der Waals surface area contributed by atoms with Crippen LogP contribution in [0.4, 0.5) is 0 Å². The van der Waals surface area contributed by atoms with Crippen molar-refractivity contribution in [2.24, 2.45) is 5.73 Å². The Hall–Kier alpha value is -2.73. The summed E-state index contributed by atoms with van der Waals surface area (Å²) in [7, 11) is 0. The average Bonchev–Trinajstić information content (AvgIpc) is 3.14. The van der Waals surface area contributed by atoms with Crippen LogP contribution in [-0.4, -0.2) is 17.7 Å². The lowest BCUT2D eigenvalue weighted by Crippen LogP contribution is -2.12. The molecule has 33 heavy (non-hydrogen) atoms. The lowest BCUT2D eigenvalue weighted by molar-refractivity contribution is -0.118. The molecule has 0 radical (unpaired) electrons. The highest BCUT2D eigenvalue weighted by molar-refractivity contribution is 14.1. The molecule has 4 aromatic rings. The van der Waals surface area contributed by atoms with Gasteiger partial charge in [0.25, 0.3) is 0 Å². The summed E-state index contributed by atoms with van der Waals surface area (Å²) in [4.78, 5) is 37.2. The highest BCUT2D eigenvalue weighted by Crippen LogP contribution is 2.32. The molecule has 1 heterocycles. The topological polar surface area (TPSA) is 99.6 Å². The molecule has 8 heteroatoms. The molecule has 0 aliphatic carbocycles. The summed E-state index contributed by atoms with van der Waals surface area (Å²) < 4.78 is 13.3. The number of nitrogens with two attached hydrogens (primary N) is 1. The maximum Gasteiger partial charge on any atom is 0.343 e. The number of hydrogen-bond acceptors (Lipinski definition) is 5. The first-order chi connectivity index (χ1) is 15.8. The van der Waals surface area contributed by atoms with Crippen LogP contribution in [0.3, 0.4) is 0 Å². The minimum Gasteiger partial charge on any atom is -0.460 e. The Kier molecular flexibility index (Phi) is 7.13. The van der Waals surface area contributed by atoms with Crippen molar-refractivity contribution in [3.05, 3.63) is 96.3 Å². The van der Waals surface area contributed by atoms with E-state index in [1.807, 2.05) is 12.1 Å². The van der Waals surface area contributed by atoms with Gasteiger partial charge >= 0.3 is 5.97 Å². The summed E-state index contributed by atoms with van der Waals surface area (Å²) in [6, 6.07) is 19.1. The van der Waals surface area contributed by atoms with Crippen LogP contribution >= 0.6 is 45.2 Å². The molecular weight excluding hydrogens is 648 g/mol. The number of halogens is 2. The Morgan fingerprint density at radius 3 is 2.24 bits per heavy atom. The Balaban J connectivity index is 1.74. The van der Waals surface area contributed by atoms with Gasteiger partial charge in [0.2, 0.25) is 5.91 Å². The van der Waals surface area contributed by atoms with Gasteiger partial charge in [0, 0.05) is 37.0 Å². The minimum atomic E-state index is -0.500. The third kappa shape index (κ3) is 5.44. The second-order valence-electron chi connectivity index (χ2n) is 7.27. The third-order valence-corrected chi connectivity index (χ3v) is 6.15. The maximum atomic E-state index is 13.5. The van der Waals surface area contributed by atoms with Crippen LogP contribution in [0.1, 0.15) is 38.5 Å². The molecule has 0 aliphatic rings. The van der Waals surface area contributed by atoms with E-state index in [2.05, 4.69) is 45.2 Å². The fourth-order valence-electron chi connectivity index (χ4n) is 3.42. The largest absolute Gasteiger partial charge is 0.460 e. The van der Waals surface area contributed by atoms with E-state index in [9.17, 15) is 14.4 Å². The fraction of sp³-hybridized carbons (Fsp3) is 0.0800. The second kappa shape index (κ2) is 10.0. The Morgan fingerprint density at radius 2 is 1.58 bits per heavy atom. The van der Waals surface area contributed by atoms with Crippen LogP contribution in [-0.2, 0) is 11.2 Å². The third-order valence-electron chi connectivity index (χ3n) is 4.90. The second-order valence-corrected chi connectivity index (χ2v) is 9.76. The molecule has 3 aromatic carbocycles. The number of carbonyl (C=O) groups excluding carboxylic acids is 3. The zero-order valence-corrected chi connectivity index (χ0v) is 21.5. The molecule has 0 saturated heterocycles. The minimum absolute atomic E-state index is 0.0415.